The second-order valence-corrected chi connectivity index (χ2v) is 21.1. The minimum atomic E-state index is -1.67. The Labute approximate surface area is 429 Å². The van der Waals surface area contributed by atoms with Crippen molar-refractivity contribution in [1.29, 1.82) is 0 Å². The maximum absolute atomic E-state index is 13.2. The van der Waals surface area contributed by atoms with Gasteiger partial charge in [0.05, 0.1) is 25.4 Å². The zero-order valence-electron chi connectivity index (χ0n) is 45.3. The van der Waals surface area contributed by atoms with E-state index in [1.807, 2.05) is 0 Å². The van der Waals surface area contributed by atoms with E-state index in [0.29, 0.717) is 19.3 Å². The van der Waals surface area contributed by atoms with Crippen LogP contribution in [0.3, 0.4) is 0 Å². The van der Waals surface area contributed by atoms with Crippen LogP contribution in [0, 0.1) is 0 Å². The van der Waals surface area contributed by atoms with Crippen molar-refractivity contribution in [3.63, 3.8) is 0 Å². The molecule has 0 spiro atoms. The van der Waals surface area contributed by atoms with Crippen LogP contribution in [0.5, 0.6) is 0 Å². The second-order valence-electron chi connectivity index (χ2n) is 21.1. The highest BCUT2D eigenvalue weighted by atomic mass is 16.7. The maximum Gasteiger partial charge on any atom is 0.249 e. The molecule has 1 aliphatic rings. The molecule has 1 amide bonds. The van der Waals surface area contributed by atoms with Gasteiger partial charge in [0.25, 0.3) is 0 Å². The Kier molecular flexibility index (Phi) is 46.2. The van der Waals surface area contributed by atoms with Crippen molar-refractivity contribution in [2.45, 2.75) is 332 Å². The average molecular weight is 997 g/mol. The number of rotatable bonds is 51. The molecule has 1 rings (SSSR count). The van der Waals surface area contributed by atoms with Crippen LogP contribution in [0.1, 0.15) is 277 Å². The van der Waals surface area contributed by atoms with E-state index >= 15 is 0 Å². The number of ether oxygens (including phenoxy) is 2. The van der Waals surface area contributed by atoms with Gasteiger partial charge in [-0.3, -0.25) is 4.79 Å². The number of nitrogens with one attached hydrogen (secondary N) is 1. The van der Waals surface area contributed by atoms with Crippen LogP contribution in [0.25, 0.3) is 0 Å². The number of carbonyl (C=O) groups excluding carboxylic acids is 1. The van der Waals surface area contributed by atoms with Gasteiger partial charge >= 0.3 is 0 Å². The first-order chi connectivity index (χ1) is 34.2. The zero-order valence-corrected chi connectivity index (χ0v) is 45.3. The summed E-state index contributed by atoms with van der Waals surface area (Å²) >= 11 is 0. The lowest BCUT2D eigenvalue weighted by molar-refractivity contribution is -0.303. The maximum atomic E-state index is 13.2. The Hall–Kier alpha value is -1.41. The normalized spacial score (nSPS) is 20.4. The molecule has 1 saturated heterocycles. The fourth-order valence-corrected chi connectivity index (χ4v) is 9.64. The van der Waals surface area contributed by atoms with Gasteiger partial charge in [-0.2, -0.15) is 0 Å². The molecule has 11 heteroatoms. The highest BCUT2D eigenvalue weighted by Gasteiger charge is 2.44. The van der Waals surface area contributed by atoms with Crippen molar-refractivity contribution in [1.82, 2.24) is 5.32 Å². The molecule has 8 N–H and O–H groups in total. The van der Waals surface area contributed by atoms with Crippen molar-refractivity contribution >= 4 is 5.91 Å². The molecule has 0 aromatic rings. The van der Waals surface area contributed by atoms with Crippen LogP contribution in [0.15, 0.2) is 24.3 Å². The van der Waals surface area contributed by atoms with Gasteiger partial charge in [0, 0.05) is 0 Å². The molecule has 70 heavy (non-hydrogen) atoms. The van der Waals surface area contributed by atoms with E-state index in [1.165, 1.54) is 193 Å². The first kappa shape index (κ1) is 66.6. The van der Waals surface area contributed by atoms with Crippen LogP contribution < -0.4 is 5.32 Å². The van der Waals surface area contributed by atoms with Gasteiger partial charge in [-0.1, -0.05) is 250 Å². The van der Waals surface area contributed by atoms with Gasteiger partial charge < -0.3 is 50.5 Å². The van der Waals surface area contributed by atoms with Crippen LogP contribution in [-0.2, 0) is 14.3 Å². The zero-order chi connectivity index (χ0) is 51.1. The molecular weight excluding hydrogens is 883 g/mol. The Balaban J connectivity index is 2.32. The largest absolute Gasteiger partial charge is 0.394 e. The topological polar surface area (TPSA) is 189 Å². The summed E-state index contributed by atoms with van der Waals surface area (Å²) in [5, 5.41) is 76.1. The third kappa shape index (κ3) is 36.5. The third-order valence-corrected chi connectivity index (χ3v) is 14.5. The molecule has 414 valence electrons. The predicted octanol–water partition coefficient (Wildman–Crippen LogP) is 12.5. The lowest BCUT2D eigenvalue weighted by Crippen LogP contribution is -2.60. The van der Waals surface area contributed by atoms with Crippen LogP contribution in [0.4, 0.5) is 0 Å². The van der Waals surface area contributed by atoms with Crippen LogP contribution >= 0.6 is 0 Å². The summed E-state index contributed by atoms with van der Waals surface area (Å²) in [5.41, 5.74) is 0. The molecule has 1 fully saturated rings. The highest BCUT2D eigenvalue weighted by Crippen LogP contribution is 2.23. The molecule has 9 unspecified atom stereocenters. The van der Waals surface area contributed by atoms with Crippen LogP contribution in [-0.4, -0.2) is 110 Å². The number of amides is 1. The van der Waals surface area contributed by atoms with Gasteiger partial charge in [0.1, 0.15) is 36.6 Å². The molecule has 0 saturated carbocycles. The molecule has 0 aromatic heterocycles. The lowest BCUT2D eigenvalue weighted by atomic mass is 9.98. The number of allylic oxidation sites excluding steroid dienone is 4. The van der Waals surface area contributed by atoms with Gasteiger partial charge in [-0.15, -0.1) is 0 Å². The van der Waals surface area contributed by atoms with E-state index in [0.717, 1.165) is 38.5 Å². The third-order valence-electron chi connectivity index (χ3n) is 14.5. The Bertz CT molecular complexity index is 1190. The summed E-state index contributed by atoms with van der Waals surface area (Å²) in [5.74, 6) is -0.706. The molecule has 9 atom stereocenters. The highest BCUT2D eigenvalue weighted by molar-refractivity contribution is 5.80. The van der Waals surface area contributed by atoms with E-state index in [4.69, 9.17) is 9.47 Å². The van der Waals surface area contributed by atoms with Crippen molar-refractivity contribution in [3.8, 4) is 0 Å². The van der Waals surface area contributed by atoms with Crippen molar-refractivity contribution < 1.29 is 50.0 Å². The molecular formula is C59H113NO10. The van der Waals surface area contributed by atoms with E-state index in [-0.39, 0.29) is 12.8 Å². The van der Waals surface area contributed by atoms with Crippen molar-refractivity contribution in [3.05, 3.63) is 24.3 Å². The van der Waals surface area contributed by atoms with Gasteiger partial charge in [0.2, 0.25) is 5.91 Å². The average Bonchev–Trinajstić information content (AvgIpc) is 3.36. The molecule has 0 aromatic carbocycles. The number of unbranched alkanes of at least 4 members (excludes halogenated alkanes) is 35. The van der Waals surface area contributed by atoms with E-state index in [1.54, 1.807) is 0 Å². The van der Waals surface area contributed by atoms with E-state index < -0.39 is 74.2 Å². The minimum absolute atomic E-state index is 0.249. The standard InChI is InChI=1S/C59H113NO10/c1-3-5-7-9-11-13-15-17-19-21-22-23-24-25-26-27-28-29-31-32-34-36-38-40-42-44-46-51(62)54(64)50(49-69-59-57(67)56(66)55(65)53(48-61)70-59)60-58(68)52(63)47-45-43-41-39-37-35-33-30-20-18-16-14-12-10-8-6-4-2/h31-32,38,40,50-57,59,61-67H,3-30,33-37,39,41-49H2,1-2H3,(H,60,68)/b32-31+,40-38+. The van der Waals surface area contributed by atoms with Crippen LogP contribution in [0.2, 0.25) is 0 Å². The quantitative estimate of drug-likeness (QED) is 0.0215. The van der Waals surface area contributed by atoms with Gasteiger partial charge in [-0.05, 0) is 51.4 Å². The SMILES string of the molecule is CCCCCCCCCCCCCCCCCCC/C=C/CC/C=C/CCCC(O)C(O)C(COC1OC(CO)C(O)C(O)C1O)NC(=O)C(O)CCCCCCCCCCCCCCCCCCC. The number of hydrogen-bond acceptors (Lipinski definition) is 10. The molecule has 11 nitrogen and oxygen atoms in total. The van der Waals surface area contributed by atoms with Gasteiger partial charge in [0.15, 0.2) is 6.29 Å². The minimum Gasteiger partial charge on any atom is -0.394 e. The van der Waals surface area contributed by atoms with Crippen molar-refractivity contribution in [2.24, 2.45) is 0 Å². The molecule has 1 heterocycles. The fraction of sp³-hybridized carbons (Fsp3) is 0.915. The summed E-state index contributed by atoms with van der Waals surface area (Å²) in [4.78, 5) is 13.2. The monoisotopic (exact) mass is 996 g/mol. The Morgan fingerprint density at radius 3 is 1.27 bits per heavy atom. The second kappa shape index (κ2) is 48.5. The fourth-order valence-electron chi connectivity index (χ4n) is 9.64. The lowest BCUT2D eigenvalue weighted by Gasteiger charge is -2.40. The number of carbonyl (C=O) groups is 1. The Morgan fingerprint density at radius 1 is 0.486 bits per heavy atom. The predicted molar refractivity (Wildman–Crippen MR) is 289 cm³/mol. The summed E-state index contributed by atoms with van der Waals surface area (Å²) in [7, 11) is 0. The van der Waals surface area contributed by atoms with E-state index in [2.05, 4.69) is 43.5 Å². The summed E-state index contributed by atoms with van der Waals surface area (Å²) in [6, 6.07) is -1.19. The summed E-state index contributed by atoms with van der Waals surface area (Å²) in [6.45, 7) is 3.47. The molecule has 1 aliphatic heterocycles. The summed E-state index contributed by atoms with van der Waals surface area (Å²) in [6.07, 6.45) is 46.7. The first-order valence-corrected chi connectivity index (χ1v) is 29.7. The number of hydrogen-bond donors (Lipinski definition) is 8. The molecule has 0 bridgehead atoms. The van der Waals surface area contributed by atoms with E-state index in [9.17, 15) is 40.5 Å². The first-order valence-electron chi connectivity index (χ1n) is 29.7. The Morgan fingerprint density at radius 2 is 0.857 bits per heavy atom. The molecule has 0 aliphatic carbocycles. The van der Waals surface area contributed by atoms with Crippen molar-refractivity contribution in [2.75, 3.05) is 13.2 Å². The molecule has 0 radical (unpaired) electrons. The summed E-state index contributed by atoms with van der Waals surface area (Å²) < 4.78 is 11.1. The number of aliphatic hydroxyl groups excluding tert-OH is 7. The number of aliphatic hydroxyl groups is 7. The van der Waals surface area contributed by atoms with Gasteiger partial charge in [-0.25, -0.2) is 0 Å². The smallest absolute Gasteiger partial charge is 0.249 e.